The van der Waals surface area contributed by atoms with Crippen LogP contribution in [0.4, 0.5) is 0 Å². The van der Waals surface area contributed by atoms with Crippen molar-refractivity contribution in [2.75, 3.05) is 71.9 Å². The first-order chi connectivity index (χ1) is 42.7. The molecule has 4 atom stereocenters. The van der Waals surface area contributed by atoms with Gasteiger partial charge in [-0.1, -0.05) is 228 Å². The molecule has 11 aliphatic rings. The molecular weight excluding hydrogens is 1250 g/mol. The number of aryl methyl sites for hydroxylation is 2. The standard InChI is InChI=1S/C8H16.3C7H15N.2C7H12.2C7H8.C5H8Cl2.C5H10S2.2C5H10.C4H7Br.C2H6/c1-8(2)6-4-3-5-7-8;2*1-7-3-5-8(2)6-4-7;1-7-4-3-5-8(2)6-7;4*1-7-5-3-2-4-6-7;1-4(2)3-5(4,6)7;1-5-6-3-2-4-7-5;1-5(2)3-4-5;1-4-3-5(4)2;1-4(5)2-3-4;1-2/h3-7H2,1-2H3;3*7H,3-6H2,1-2H3;5H,2-4,6H2,1H3;2-3,7H,4-6H2,1H3;2*2-6H,1H3;3H2,1-2H3;5H,2-4H2,1H3;3-4H2,1-2H3;4-5H,3H2,1-2H3;2-3H2,1H3;1-2H3. The Labute approximate surface area is 597 Å². The number of likely N-dealkylation sites (tertiary alicyclic amines) is 3. The topological polar surface area (TPSA) is 9.72 Å². The molecule has 0 radical (unpaired) electrons. The minimum Gasteiger partial charge on any atom is -0.306 e. The average Bonchev–Trinajstić information content (AvgIpc) is 1.60. The van der Waals surface area contributed by atoms with Crippen LogP contribution in [0.1, 0.15) is 289 Å². The van der Waals surface area contributed by atoms with Crippen LogP contribution in [0.5, 0.6) is 0 Å². The van der Waals surface area contributed by atoms with Gasteiger partial charge in [-0.25, -0.2) is 0 Å². The summed E-state index contributed by atoms with van der Waals surface area (Å²) in [6, 6.07) is 20.5. The molecule has 0 N–H and O–H groups in total. The second kappa shape index (κ2) is 51.7. The molecule has 5 saturated carbocycles. The van der Waals surface area contributed by atoms with Crippen molar-refractivity contribution in [3.63, 3.8) is 0 Å². The Morgan fingerprint density at radius 1 is 0.473 bits per heavy atom. The zero-order valence-corrected chi connectivity index (χ0v) is 68.9. The molecule has 2 aromatic rings. The Bertz CT molecular complexity index is 1900. The Morgan fingerprint density at radius 3 is 1.05 bits per heavy atom. The maximum absolute atomic E-state index is 5.70. The summed E-state index contributed by atoms with van der Waals surface area (Å²) in [7, 11) is 6.60. The lowest BCUT2D eigenvalue weighted by Crippen LogP contribution is -2.30. The van der Waals surface area contributed by atoms with Crippen molar-refractivity contribution in [3.8, 4) is 0 Å². The smallest absolute Gasteiger partial charge is 0.124 e. The number of rotatable bonds is 0. The third-order valence-electron chi connectivity index (χ3n) is 19.2. The van der Waals surface area contributed by atoms with Gasteiger partial charge < -0.3 is 14.7 Å². The molecule has 91 heavy (non-hydrogen) atoms. The van der Waals surface area contributed by atoms with Crippen LogP contribution in [0.2, 0.25) is 0 Å². The highest BCUT2D eigenvalue weighted by molar-refractivity contribution is 9.10. The number of thioether (sulfide) groups is 2. The van der Waals surface area contributed by atoms with Crippen LogP contribution in [0.25, 0.3) is 0 Å². The lowest BCUT2D eigenvalue weighted by atomic mass is 9.78. The fraction of sp³-hybridized carbons (Fsp3) is 0.807. The van der Waals surface area contributed by atoms with Crippen LogP contribution in [-0.2, 0) is 0 Å². The summed E-state index contributed by atoms with van der Waals surface area (Å²) < 4.78 is 1.02. The van der Waals surface area contributed by atoms with E-state index in [1.54, 1.807) is 5.57 Å². The first-order valence-corrected chi connectivity index (χ1v) is 41.1. The Balaban J connectivity index is 0.000000964. The minimum atomic E-state index is -0.410. The molecule has 0 bridgehead atoms. The van der Waals surface area contributed by atoms with Crippen molar-refractivity contribution >= 4 is 62.7 Å². The third-order valence-corrected chi connectivity index (χ3v) is 24.1. The predicted octanol–water partition coefficient (Wildman–Crippen LogP) is 27.1. The molecule has 3 nitrogen and oxygen atoms in total. The van der Waals surface area contributed by atoms with Crippen molar-refractivity contribution in [2.45, 2.75) is 305 Å². The van der Waals surface area contributed by atoms with E-state index in [2.05, 4.69) is 235 Å². The Hall–Kier alpha value is -0.440. The minimum absolute atomic E-state index is 0.177. The number of alkyl halides is 3. The van der Waals surface area contributed by atoms with Gasteiger partial charge in [0.15, 0.2) is 0 Å². The average molecular weight is 1410 g/mol. The van der Waals surface area contributed by atoms with Gasteiger partial charge in [-0.15, -0.1) is 46.7 Å². The van der Waals surface area contributed by atoms with Gasteiger partial charge in [0, 0.05) is 20.9 Å². The summed E-state index contributed by atoms with van der Waals surface area (Å²) in [6.07, 6.45) is 41.6. The van der Waals surface area contributed by atoms with Gasteiger partial charge in [-0.2, -0.15) is 0 Å². The van der Waals surface area contributed by atoms with Crippen molar-refractivity contribution in [2.24, 2.45) is 51.8 Å². The summed E-state index contributed by atoms with van der Waals surface area (Å²) in [4.78, 5) is 7.22. The van der Waals surface area contributed by atoms with E-state index in [0.29, 0.717) is 9.74 Å². The molecule has 4 heterocycles. The van der Waals surface area contributed by atoms with Gasteiger partial charge in [-0.3, -0.25) is 0 Å². The number of allylic oxidation sites excluding steroid dienone is 4. The Kier molecular flexibility index (Phi) is 51.4. The second-order valence-electron chi connectivity index (χ2n) is 31.9. The van der Waals surface area contributed by atoms with E-state index in [9.17, 15) is 0 Å². The second-order valence-corrected chi connectivity index (χ2v) is 38.5. The van der Waals surface area contributed by atoms with E-state index in [1.165, 1.54) is 216 Å². The van der Waals surface area contributed by atoms with E-state index in [-0.39, 0.29) is 5.41 Å². The SMILES string of the molecule is CC.CC1(Br)CC1.CC1(C)CC1.CC1(C)CC1(Cl)Cl.CC1(C)CCCCC1.CC1=CCCCC1.CC1CC1C.CC1CC=CCC1.CC1CCCN(C)C1.CC1CCN(C)CC1.CC1CCN(C)CC1.CC1SCCCS1.Cc1ccccc1.Cc1ccccc1. The highest BCUT2D eigenvalue weighted by Crippen LogP contribution is 2.63. The maximum atomic E-state index is 5.70. The first-order valence-electron chi connectivity index (χ1n) is 37.4. The largest absolute Gasteiger partial charge is 0.306 e. The number of hydrogen-bond donors (Lipinski definition) is 0. The molecule has 8 heteroatoms. The van der Waals surface area contributed by atoms with E-state index in [0.717, 1.165) is 51.9 Å². The molecule has 9 fully saturated rings. The summed E-state index contributed by atoms with van der Waals surface area (Å²) >= 11 is 19.0. The molecule has 13 rings (SSSR count). The third kappa shape index (κ3) is 58.3. The number of halogens is 3. The van der Waals surface area contributed by atoms with Crippen molar-refractivity contribution in [3.05, 3.63) is 95.6 Å². The molecule has 4 aliphatic heterocycles. The molecular formula is C83H152BrCl2N3S2. The number of piperidine rings is 3. The predicted molar refractivity (Wildman–Crippen MR) is 427 cm³/mol. The van der Waals surface area contributed by atoms with Crippen LogP contribution >= 0.6 is 62.7 Å². The van der Waals surface area contributed by atoms with Crippen molar-refractivity contribution < 1.29 is 0 Å². The molecule has 0 spiro atoms. The lowest BCUT2D eigenvalue weighted by molar-refractivity contribution is 0.221. The molecule has 0 amide bonds. The van der Waals surface area contributed by atoms with E-state index < -0.39 is 4.33 Å². The Morgan fingerprint density at radius 2 is 0.879 bits per heavy atom. The normalized spacial score (nSPS) is 25.8. The number of benzene rings is 2. The van der Waals surface area contributed by atoms with Crippen LogP contribution < -0.4 is 0 Å². The molecule has 532 valence electrons. The molecule has 2 aromatic carbocycles. The quantitative estimate of drug-likeness (QED) is 0.192. The van der Waals surface area contributed by atoms with E-state index in [4.69, 9.17) is 23.2 Å². The van der Waals surface area contributed by atoms with E-state index >= 15 is 0 Å². The molecule has 7 aliphatic carbocycles. The maximum Gasteiger partial charge on any atom is 0.124 e. The summed E-state index contributed by atoms with van der Waals surface area (Å²) in [5.74, 6) is 8.71. The highest BCUT2D eigenvalue weighted by atomic mass is 79.9. The van der Waals surface area contributed by atoms with E-state index in [1.807, 2.05) is 50.2 Å². The molecule has 4 saturated heterocycles. The van der Waals surface area contributed by atoms with Crippen LogP contribution in [-0.4, -0.2) is 99.9 Å². The zero-order chi connectivity index (χ0) is 68.9. The van der Waals surface area contributed by atoms with Crippen molar-refractivity contribution in [1.29, 1.82) is 0 Å². The molecule has 4 unspecified atom stereocenters. The lowest BCUT2D eigenvalue weighted by Gasteiger charge is -2.28. The first kappa shape index (κ1) is 90.6. The fourth-order valence-electron chi connectivity index (χ4n) is 10.3. The van der Waals surface area contributed by atoms with Gasteiger partial charge in [0.2, 0.25) is 0 Å². The summed E-state index contributed by atoms with van der Waals surface area (Å²) in [5.41, 5.74) is 5.84. The van der Waals surface area contributed by atoms with Crippen LogP contribution in [0.15, 0.2) is 84.5 Å². The zero-order valence-electron chi connectivity index (χ0n) is 64.2. The number of hydrogen-bond acceptors (Lipinski definition) is 5. The van der Waals surface area contributed by atoms with Gasteiger partial charge in [0.05, 0.1) is 0 Å². The number of nitrogens with zero attached hydrogens (tertiary/aromatic N) is 3. The fourth-order valence-corrected chi connectivity index (χ4v) is 13.6. The summed E-state index contributed by atoms with van der Waals surface area (Å²) in [6.45, 7) is 50.1. The van der Waals surface area contributed by atoms with Crippen molar-refractivity contribution in [1.82, 2.24) is 14.7 Å². The summed E-state index contributed by atoms with van der Waals surface area (Å²) in [5, 5.41) is 0. The monoisotopic (exact) mass is 1400 g/mol. The van der Waals surface area contributed by atoms with Gasteiger partial charge in [-0.05, 0) is 288 Å². The highest BCUT2D eigenvalue weighted by Gasteiger charge is 2.59. The van der Waals surface area contributed by atoms with Gasteiger partial charge in [0.1, 0.15) is 4.33 Å². The van der Waals surface area contributed by atoms with Crippen LogP contribution in [0, 0.1) is 65.6 Å². The van der Waals surface area contributed by atoms with Crippen LogP contribution in [0.3, 0.4) is 0 Å². The molecule has 0 aromatic heterocycles. The van der Waals surface area contributed by atoms with Gasteiger partial charge >= 0.3 is 0 Å². The van der Waals surface area contributed by atoms with Gasteiger partial charge in [0.25, 0.3) is 0 Å².